The van der Waals surface area contributed by atoms with Crippen molar-refractivity contribution in [2.45, 2.75) is 37.8 Å². The van der Waals surface area contributed by atoms with E-state index in [0.29, 0.717) is 19.0 Å². The van der Waals surface area contributed by atoms with E-state index in [9.17, 15) is 4.79 Å². The summed E-state index contributed by atoms with van der Waals surface area (Å²) >= 11 is 6.73. The van der Waals surface area contributed by atoms with Crippen molar-refractivity contribution in [3.8, 4) is 0 Å². The summed E-state index contributed by atoms with van der Waals surface area (Å²) in [5.74, 6) is 0.744. The van der Waals surface area contributed by atoms with Crippen LogP contribution in [0.5, 0.6) is 0 Å². The number of carbonyl (C=O) groups excluding carboxylic acids is 1. The summed E-state index contributed by atoms with van der Waals surface area (Å²) in [5, 5.41) is 5.77. The van der Waals surface area contributed by atoms with E-state index < -0.39 is 0 Å². The minimum absolute atomic E-state index is 0.0702. The van der Waals surface area contributed by atoms with Crippen molar-refractivity contribution in [1.82, 2.24) is 9.88 Å². The molecule has 1 aromatic heterocycles. The number of rotatable bonds is 5. The molecule has 0 bridgehead atoms. The van der Waals surface area contributed by atoms with E-state index in [2.05, 4.69) is 33.1 Å². The summed E-state index contributed by atoms with van der Waals surface area (Å²) in [4.78, 5) is 22.2. The van der Waals surface area contributed by atoms with Gasteiger partial charge in [-0.3, -0.25) is 9.69 Å². The number of benzene rings is 1. The van der Waals surface area contributed by atoms with Gasteiger partial charge in [-0.05, 0) is 55.2 Å². The number of ether oxygens (including phenoxy) is 3. The van der Waals surface area contributed by atoms with E-state index in [-0.39, 0.29) is 28.9 Å². The van der Waals surface area contributed by atoms with Gasteiger partial charge < -0.3 is 24.4 Å². The van der Waals surface area contributed by atoms with Crippen molar-refractivity contribution in [3.63, 3.8) is 0 Å². The fraction of sp³-hybridized carbons (Fsp3) is 0.630. The largest absolute Gasteiger partial charge is 0.381 e. The molecule has 1 aliphatic carbocycles. The SMILES string of the molecule is CO[C@H]1COC[C@@]1(C)N1CCN(c2cc3cc(NC(=O)[C@H]4CC45CCOCC5)ncc3cc2Cl)CC1. The van der Waals surface area contributed by atoms with Crippen LogP contribution in [0, 0.1) is 11.3 Å². The Balaban J connectivity index is 1.15. The average molecular weight is 515 g/mol. The van der Waals surface area contributed by atoms with Crippen LogP contribution in [0.2, 0.25) is 5.02 Å². The Morgan fingerprint density at radius 2 is 1.92 bits per heavy atom. The van der Waals surface area contributed by atoms with Gasteiger partial charge in [-0.25, -0.2) is 4.98 Å². The Hall–Kier alpha value is -1.97. The van der Waals surface area contributed by atoms with E-state index in [0.717, 1.165) is 80.1 Å². The lowest BCUT2D eigenvalue weighted by Gasteiger charge is -2.46. The first-order valence-corrected chi connectivity index (χ1v) is 13.4. The lowest BCUT2D eigenvalue weighted by molar-refractivity contribution is -0.118. The molecule has 9 heteroatoms. The summed E-state index contributed by atoms with van der Waals surface area (Å²) in [5.41, 5.74) is 1.07. The standard InChI is InChI=1S/C27H35ClN4O4/c1-26(17-36-16-23(26)34-2)32-7-5-31(6-8-32)22-12-18-13-24(29-15-19(18)11-21(22)28)30-25(33)20-14-27(20)3-9-35-10-4-27/h11-13,15,20,23H,3-10,14,16-17H2,1-2H3,(H,29,30,33)/t20-,23+,26-/m1/s1. The normalized spacial score (nSPS) is 30.1. The van der Waals surface area contributed by atoms with Crippen LogP contribution in [0.3, 0.4) is 0 Å². The van der Waals surface area contributed by atoms with Crippen molar-refractivity contribution in [2.24, 2.45) is 11.3 Å². The molecule has 194 valence electrons. The van der Waals surface area contributed by atoms with E-state index in [4.69, 9.17) is 25.8 Å². The molecule has 1 amide bonds. The van der Waals surface area contributed by atoms with Gasteiger partial charge >= 0.3 is 0 Å². The van der Waals surface area contributed by atoms with Crippen molar-refractivity contribution in [3.05, 3.63) is 29.4 Å². The van der Waals surface area contributed by atoms with E-state index in [1.54, 1.807) is 13.3 Å². The number of carbonyl (C=O) groups is 1. The highest BCUT2D eigenvalue weighted by atomic mass is 35.5. The number of piperazine rings is 1. The Morgan fingerprint density at radius 3 is 2.67 bits per heavy atom. The zero-order chi connectivity index (χ0) is 24.9. The topological polar surface area (TPSA) is 76.2 Å². The molecule has 3 aliphatic heterocycles. The number of anilines is 2. The highest BCUT2D eigenvalue weighted by molar-refractivity contribution is 6.34. The fourth-order valence-corrected chi connectivity index (χ4v) is 6.74. The molecule has 1 spiro atoms. The van der Waals surface area contributed by atoms with Crippen LogP contribution in [0.25, 0.3) is 10.8 Å². The van der Waals surface area contributed by atoms with Crippen molar-refractivity contribution in [2.75, 3.05) is 69.9 Å². The van der Waals surface area contributed by atoms with Crippen LogP contribution in [-0.2, 0) is 19.0 Å². The van der Waals surface area contributed by atoms with Crippen molar-refractivity contribution < 1.29 is 19.0 Å². The molecule has 3 atom stereocenters. The minimum atomic E-state index is -0.0996. The minimum Gasteiger partial charge on any atom is -0.381 e. The van der Waals surface area contributed by atoms with Crippen molar-refractivity contribution >= 4 is 39.8 Å². The molecule has 2 aromatic rings. The number of nitrogens with zero attached hydrogens (tertiary/aromatic N) is 3. The number of fused-ring (bicyclic) bond motifs is 1. The summed E-state index contributed by atoms with van der Waals surface area (Å²) in [7, 11) is 1.77. The van der Waals surface area contributed by atoms with Gasteiger partial charge in [-0.2, -0.15) is 0 Å². The van der Waals surface area contributed by atoms with Crippen LogP contribution in [0.1, 0.15) is 26.2 Å². The Morgan fingerprint density at radius 1 is 1.14 bits per heavy atom. The maximum atomic E-state index is 12.9. The molecule has 6 rings (SSSR count). The monoisotopic (exact) mass is 514 g/mol. The molecule has 4 fully saturated rings. The number of hydrogen-bond acceptors (Lipinski definition) is 7. The molecule has 3 saturated heterocycles. The second kappa shape index (κ2) is 9.40. The van der Waals surface area contributed by atoms with Crippen LogP contribution in [0.4, 0.5) is 11.5 Å². The second-order valence-corrected chi connectivity index (χ2v) is 11.4. The lowest BCUT2D eigenvalue weighted by Crippen LogP contribution is -2.61. The summed E-state index contributed by atoms with van der Waals surface area (Å²) in [6.45, 7) is 8.68. The molecule has 1 saturated carbocycles. The molecular weight excluding hydrogens is 480 g/mol. The number of hydrogen-bond donors (Lipinski definition) is 1. The van der Waals surface area contributed by atoms with Gasteiger partial charge in [0.1, 0.15) is 11.9 Å². The number of nitrogens with one attached hydrogen (secondary N) is 1. The van der Waals surface area contributed by atoms with E-state index in [1.165, 1.54) is 0 Å². The molecule has 4 aliphatic rings. The predicted octanol–water partition coefficient (Wildman–Crippen LogP) is 3.57. The first kappa shape index (κ1) is 24.4. The molecule has 0 unspecified atom stereocenters. The van der Waals surface area contributed by atoms with E-state index in [1.807, 2.05) is 12.1 Å². The van der Waals surface area contributed by atoms with Crippen LogP contribution >= 0.6 is 11.6 Å². The van der Waals surface area contributed by atoms with Gasteiger partial charge in [0.05, 0.1) is 29.5 Å². The van der Waals surface area contributed by atoms with Crippen molar-refractivity contribution in [1.29, 1.82) is 0 Å². The molecule has 1 N–H and O–H groups in total. The maximum Gasteiger partial charge on any atom is 0.229 e. The highest BCUT2D eigenvalue weighted by Crippen LogP contribution is 2.59. The number of amides is 1. The second-order valence-electron chi connectivity index (χ2n) is 11.0. The zero-order valence-corrected chi connectivity index (χ0v) is 21.9. The van der Waals surface area contributed by atoms with Gasteiger partial charge in [-0.15, -0.1) is 0 Å². The molecule has 1 aromatic carbocycles. The van der Waals surface area contributed by atoms with Crippen LogP contribution < -0.4 is 10.2 Å². The average Bonchev–Trinajstić information content (AvgIpc) is 3.44. The third kappa shape index (κ3) is 4.27. The molecule has 0 radical (unpaired) electrons. The smallest absolute Gasteiger partial charge is 0.229 e. The first-order valence-electron chi connectivity index (χ1n) is 13.0. The zero-order valence-electron chi connectivity index (χ0n) is 21.1. The molecular formula is C27H35ClN4O4. The molecule has 8 nitrogen and oxygen atoms in total. The maximum absolute atomic E-state index is 12.9. The van der Waals surface area contributed by atoms with Gasteiger partial charge in [0, 0.05) is 64.0 Å². The third-order valence-corrected chi connectivity index (χ3v) is 9.32. The number of methoxy groups -OCH3 is 1. The van der Waals surface area contributed by atoms with Gasteiger partial charge in [-0.1, -0.05) is 11.6 Å². The number of aromatic nitrogens is 1. The highest BCUT2D eigenvalue weighted by Gasteiger charge is 2.58. The number of halogens is 1. The Labute approximate surface area is 217 Å². The lowest BCUT2D eigenvalue weighted by atomic mass is 9.93. The van der Waals surface area contributed by atoms with Crippen LogP contribution in [0.15, 0.2) is 24.4 Å². The molecule has 4 heterocycles. The fourth-order valence-electron chi connectivity index (χ4n) is 6.45. The predicted molar refractivity (Wildman–Crippen MR) is 140 cm³/mol. The third-order valence-electron chi connectivity index (χ3n) is 9.02. The first-order chi connectivity index (χ1) is 17.4. The summed E-state index contributed by atoms with van der Waals surface area (Å²) < 4.78 is 16.9. The summed E-state index contributed by atoms with van der Waals surface area (Å²) in [6, 6.07) is 6.06. The van der Waals surface area contributed by atoms with E-state index >= 15 is 0 Å². The van der Waals surface area contributed by atoms with Gasteiger partial charge in [0.15, 0.2) is 0 Å². The summed E-state index contributed by atoms with van der Waals surface area (Å²) in [6.07, 6.45) is 4.79. The van der Waals surface area contributed by atoms with Gasteiger partial charge in [0.25, 0.3) is 0 Å². The quantitative estimate of drug-likeness (QED) is 0.653. The number of pyridine rings is 1. The van der Waals surface area contributed by atoms with Crippen LogP contribution in [-0.4, -0.2) is 87.2 Å². The van der Waals surface area contributed by atoms with Gasteiger partial charge in [0.2, 0.25) is 5.91 Å². The Bertz CT molecular complexity index is 1150. The Kier molecular flexibility index (Phi) is 6.37. The molecule has 36 heavy (non-hydrogen) atoms.